The predicted octanol–water partition coefficient (Wildman–Crippen LogP) is 1.30. The molecule has 2 aromatic rings. The highest BCUT2D eigenvalue weighted by molar-refractivity contribution is 5.89. The Morgan fingerprint density at radius 2 is 1.79 bits per heavy atom. The van der Waals surface area contributed by atoms with Gasteiger partial charge in [-0.05, 0) is 35.2 Å². The average Bonchev–Trinajstić information content (AvgIpc) is 2.68. The lowest BCUT2D eigenvalue weighted by atomic mass is 10.0. The first kappa shape index (κ1) is 22.2. The van der Waals surface area contributed by atoms with E-state index < -0.39 is 35.6 Å². The van der Waals surface area contributed by atoms with Crippen LogP contribution in [0.25, 0.3) is 0 Å². The molecule has 5 N–H and O–H groups in total. The van der Waals surface area contributed by atoms with Crippen molar-refractivity contribution < 1.29 is 23.5 Å². The minimum atomic E-state index is -1.31. The molecule has 0 aliphatic heterocycles. The lowest BCUT2D eigenvalue weighted by Crippen LogP contribution is -2.51. The minimum Gasteiger partial charge on any atom is -0.384 e. The maximum atomic E-state index is 13.5. The summed E-state index contributed by atoms with van der Waals surface area (Å²) in [5.74, 6) is -3.35. The molecule has 0 aliphatic carbocycles. The first-order chi connectivity index (χ1) is 13.7. The van der Waals surface area contributed by atoms with Gasteiger partial charge in [0.2, 0.25) is 11.8 Å². The summed E-state index contributed by atoms with van der Waals surface area (Å²) in [6.45, 7) is 3.44. The highest BCUT2D eigenvalue weighted by Gasteiger charge is 2.26. The number of anilines is 1. The molecule has 1 aromatic carbocycles. The van der Waals surface area contributed by atoms with E-state index >= 15 is 0 Å². The van der Waals surface area contributed by atoms with Gasteiger partial charge in [0.05, 0.1) is 0 Å². The second-order valence-electron chi connectivity index (χ2n) is 7.01. The Kier molecular flexibility index (Phi) is 7.60. The molecular formula is C20H24F2N4O3. The van der Waals surface area contributed by atoms with Gasteiger partial charge < -0.3 is 21.5 Å². The normalized spacial score (nSPS) is 13.0. The molecule has 2 atom stereocenters. The zero-order valence-electron chi connectivity index (χ0n) is 16.2. The number of hydrogen-bond donors (Lipinski definition) is 4. The van der Waals surface area contributed by atoms with Crippen molar-refractivity contribution in [3.8, 4) is 0 Å². The van der Waals surface area contributed by atoms with Gasteiger partial charge in [-0.1, -0.05) is 26.0 Å². The summed E-state index contributed by atoms with van der Waals surface area (Å²) in [6, 6.07) is 5.42. The van der Waals surface area contributed by atoms with Crippen LogP contribution in [0.15, 0.2) is 36.5 Å². The van der Waals surface area contributed by atoms with Crippen molar-refractivity contribution in [3.63, 3.8) is 0 Å². The molecule has 2 rings (SSSR count). The number of nitrogens with two attached hydrogens (primary N) is 1. The Hall–Kier alpha value is -3.07. The third-order valence-corrected chi connectivity index (χ3v) is 4.27. The van der Waals surface area contributed by atoms with Gasteiger partial charge in [0.15, 0.2) is 11.6 Å². The summed E-state index contributed by atoms with van der Waals surface area (Å²) in [4.78, 5) is 28.8. The maximum absolute atomic E-state index is 13.5. The number of nitrogen functional groups attached to an aromatic ring is 1. The first-order valence-corrected chi connectivity index (χ1v) is 9.08. The van der Waals surface area contributed by atoms with E-state index in [0.717, 1.165) is 12.1 Å². The number of nitrogens with zero attached hydrogens (tertiary/aromatic N) is 1. The van der Waals surface area contributed by atoms with Crippen LogP contribution in [0, 0.1) is 17.6 Å². The van der Waals surface area contributed by atoms with Gasteiger partial charge in [-0.3, -0.25) is 9.59 Å². The van der Waals surface area contributed by atoms with Crippen molar-refractivity contribution in [2.75, 3.05) is 5.73 Å². The van der Waals surface area contributed by atoms with E-state index in [2.05, 4.69) is 15.6 Å². The number of amides is 2. The number of carbonyl (C=O) groups is 2. The summed E-state index contributed by atoms with van der Waals surface area (Å²) in [7, 11) is 0. The second kappa shape index (κ2) is 9.92. The number of aromatic nitrogens is 1. The number of carbonyl (C=O) groups excluding carboxylic acids is 2. The van der Waals surface area contributed by atoms with Crippen LogP contribution in [0.5, 0.6) is 0 Å². The van der Waals surface area contributed by atoms with Crippen molar-refractivity contribution in [3.05, 3.63) is 59.3 Å². The molecule has 0 saturated carbocycles. The molecule has 2 amide bonds. The number of aliphatic hydroxyl groups excluding tert-OH is 1. The van der Waals surface area contributed by atoms with Gasteiger partial charge in [-0.25, -0.2) is 13.8 Å². The largest absolute Gasteiger partial charge is 0.384 e. The van der Waals surface area contributed by atoms with Crippen LogP contribution in [0.2, 0.25) is 0 Å². The van der Waals surface area contributed by atoms with E-state index in [1.54, 1.807) is 26.0 Å². The van der Waals surface area contributed by atoms with Gasteiger partial charge in [0.25, 0.3) is 0 Å². The van der Waals surface area contributed by atoms with E-state index in [1.165, 1.54) is 12.3 Å². The topological polar surface area (TPSA) is 117 Å². The van der Waals surface area contributed by atoms with Gasteiger partial charge in [0.1, 0.15) is 18.0 Å². The summed E-state index contributed by atoms with van der Waals surface area (Å²) >= 11 is 0. The monoisotopic (exact) mass is 406 g/mol. The van der Waals surface area contributed by atoms with Crippen LogP contribution in [-0.4, -0.2) is 34.1 Å². The quantitative estimate of drug-likeness (QED) is 0.527. The van der Waals surface area contributed by atoms with Crippen LogP contribution < -0.4 is 16.4 Å². The van der Waals surface area contributed by atoms with Crippen LogP contribution in [0.1, 0.15) is 25.0 Å². The highest BCUT2D eigenvalue weighted by Crippen LogP contribution is 2.12. The molecule has 7 nitrogen and oxygen atoms in total. The Balaban J connectivity index is 2.13. The zero-order valence-corrected chi connectivity index (χ0v) is 16.2. The molecule has 1 unspecified atom stereocenters. The van der Waals surface area contributed by atoms with E-state index in [1.807, 2.05) is 0 Å². The van der Waals surface area contributed by atoms with Crippen LogP contribution in [-0.2, 0) is 22.6 Å². The van der Waals surface area contributed by atoms with Crippen LogP contribution in [0.3, 0.4) is 0 Å². The second-order valence-corrected chi connectivity index (χ2v) is 7.01. The molecule has 0 spiro atoms. The molecule has 0 saturated heterocycles. The van der Waals surface area contributed by atoms with Gasteiger partial charge in [0, 0.05) is 19.2 Å². The van der Waals surface area contributed by atoms with Crippen LogP contribution >= 0.6 is 0 Å². The molecule has 0 fully saturated rings. The summed E-state index contributed by atoms with van der Waals surface area (Å²) in [5.41, 5.74) is 6.52. The van der Waals surface area contributed by atoms with E-state index in [4.69, 9.17) is 5.73 Å². The molecule has 9 heteroatoms. The number of halogens is 2. The Bertz CT molecular complexity index is 859. The smallest absolute Gasteiger partial charge is 0.249 e. The van der Waals surface area contributed by atoms with Crippen molar-refractivity contribution in [1.82, 2.24) is 15.6 Å². The summed E-state index contributed by atoms with van der Waals surface area (Å²) in [5, 5.41) is 15.1. The number of rotatable bonds is 8. The number of benzene rings is 1. The number of pyridine rings is 1. The van der Waals surface area contributed by atoms with Crippen molar-refractivity contribution in [2.24, 2.45) is 5.92 Å². The fraction of sp³-hybridized carbons (Fsp3) is 0.350. The maximum Gasteiger partial charge on any atom is 0.249 e. The lowest BCUT2D eigenvalue weighted by Gasteiger charge is -2.22. The standard InChI is InChI=1S/C20H24F2N4O3/c1-11(2)18(27)20(29)26-16(8-12-3-5-14(21)15(22)7-12)19(28)25-10-13-4-6-17(23)24-9-13/h3-7,9,11,16,18,27H,8,10H2,1-2H3,(H2,23,24)(H,25,28)(H,26,29)/t16-,18?/m0/s1. The fourth-order valence-corrected chi connectivity index (χ4v) is 2.52. The zero-order chi connectivity index (χ0) is 21.6. The number of nitrogens with one attached hydrogen (secondary N) is 2. The van der Waals surface area contributed by atoms with Gasteiger partial charge >= 0.3 is 0 Å². The van der Waals surface area contributed by atoms with Crippen LogP contribution in [0.4, 0.5) is 14.6 Å². The Morgan fingerprint density at radius 1 is 1.10 bits per heavy atom. The summed E-state index contributed by atoms with van der Waals surface area (Å²) < 4.78 is 26.7. The van der Waals surface area contributed by atoms with Gasteiger partial charge in [-0.15, -0.1) is 0 Å². The van der Waals surface area contributed by atoms with E-state index in [0.29, 0.717) is 16.9 Å². The highest BCUT2D eigenvalue weighted by atomic mass is 19.2. The Morgan fingerprint density at radius 3 is 2.38 bits per heavy atom. The molecule has 1 heterocycles. The molecule has 0 radical (unpaired) electrons. The molecule has 0 bridgehead atoms. The fourth-order valence-electron chi connectivity index (χ4n) is 2.52. The molecule has 1 aromatic heterocycles. The van der Waals surface area contributed by atoms with Gasteiger partial charge in [-0.2, -0.15) is 0 Å². The Labute approximate surface area is 167 Å². The number of hydrogen-bond acceptors (Lipinski definition) is 5. The number of aliphatic hydroxyl groups is 1. The van der Waals surface area contributed by atoms with E-state index in [9.17, 15) is 23.5 Å². The SMILES string of the molecule is CC(C)C(O)C(=O)N[C@@H](Cc1ccc(F)c(F)c1)C(=O)NCc1ccc(N)nc1. The van der Waals surface area contributed by atoms with Crippen molar-refractivity contribution >= 4 is 17.6 Å². The molecule has 0 aliphatic rings. The molecule has 29 heavy (non-hydrogen) atoms. The third-order valence-electron chi connectivity index (χ3n) is 4.27. The minimum absolute atomic E-state index is 0.0838. The lowest BCUT2D eigenvalue weighted by molar-refractivity contribution is -0.135. The molecule has 156 valence electrons. The predicted molar refractivity (Wildman–Crippen MR) is 103 cm³/mol. The van der Waals surface area contributed by atoms with E-state index in [-0.39, 0.29) is 18.9 Å². The molecular weight excluding hydrogens is 382 g/mol. The third kappa shape index (κ3) is 6.49. The van der Waals surface area contributed by atoms with Crippen molar-refractivity contribution in [2.45, 2.75) is 39.0 Å². The summed E-state index contributed by atoms with van der Waals surface area (Å²) in [6.07, 6.45) is 0.109. The average molecular weight is 406 g/mol. The first-order valence-electron chi connectivity index (χ1n) is 9.08. The van der Waals surface area contributed by atoms with Crippen molar-refractivity contribution in [1.29, 1.82) is 0 Å².